The van der Waals surface area contributed by atoms with Gasteiger partial charge in [-0.15, -0.1) is 0 Å². The average molecular weight is 292 g/mol. The Kier molecular flexibility index (Phi) is 8.77. The Bertz CT molecular complexity index is 368. The van der Waals surface area contributed by atoms with Crippen molar-refractivity contribution in [2.75, 3.05) is 13.2 Å². The van der Waals surface area contributed by atoms with E-state index in [1.54, 1.807) is 0 Å². The van der Waals surface area contributed by atoms with Crippen LogP contribution in [0.5, 0.6) is 0 Å². The van der Waals surface area contributed by atoms with Crippen LogP contribution in [-0.4, -0.2) is 38.1 Å². The van der Waals surface area contributed by atoms with Crippen molar-refractivity contribution >= 4 is 24.9 Å². The number of ether oxygens (including phenoxy) is 2. The second kappa shape index (κ2) is 9.74. The molecule has 0 heterocycles. The topological polar surface area (TPSA) is 69.7 Å². The van der Waals surface area contributed by atoms with E-state index in [1.807, 2.05) is 6.92 Å². The maximum absolute atomic E-state index is 11.4. The van der Waals surface area contributed by atoms with Crippen molar-refractivity contribution in [1.29, 1.82) is 0 Å². The predicted octanol–water partition coefficient (Wildman–Crippen LogP) is 1.41. The Morgan fingerprint density at radius 3 is 1.81 bits per heavy atom. The molecule has 0 saturated carbocycles. The number of rotatable bonds is 11. The zero-order valence-electron chi connectivity index (χ0n) is 12.4. The second-order valence-corrected chi connectivity index (χ2v) is 4.65. The molecule has 0 spiro atoms. The summed E-state index contributed by atoms with van der Waals surface area (Å²) in [6.45, 7) is 12.0. The van der Waals surface area contributed by atoms with E-state index in [0.29, 0.717) is 12.7 Å². The standard InChI is InChI=1S/C15H21BO5/c1-5-12(17)16-9-15(8-4,10-20-13(18)6-2)11-21-14(19)7-3/h5-7,16H,1-3,8-11H2,4H3. The van der Waals surface area contributed by atoms with E-state index < -0.39 is 17.4 Å². The maximum Gasteiger partial charge on any atom is 0.330 e. The molecule has 0 aromatic rings. The van der Waals surface area contributed by atoms with Gasteiger partial charge in [-0.05, 0) is 12.5 Å². The molecule has 0 rings (SSSR count). The fraction of sp³-hybridized carbons (Fsp3) is 0.400. The highest BCUT2D eigenvalue weighted by molar-refractivity contribution is 6.76. The van der Waals surface area contributed by atoms with Gasteiger partial charge in [0.25, 0.3) is 0 Å². The van der Waals surface area contributed by atoms with Crippen LogP contribution in [0.15, 0.2) is 38.0 Å². The third-order valence-corrected chi connectivity index (χ3v) is 3.25. The van der Waals surface area contributed by atoms with Crippen LogP contribution in [0.2, 0.25) is 6.32 Å². The van der Waals surface area contributed by atoms with Crippen molar-refractivity contribution < 1.29 is 23.9 Å². The van der Waals surface area contributed by atoms with Gasteiger partial charge >= 0.3 is 11.9 Å². The van der Waals surface area contributed by atoms with Gasteiger partial charge in [0, 0.05) is 17.6 Å². The quantitative estimate of drug-likeness (QED) is 0.327. The van der Waals surface area contributed by atoms with Crippen LogP contribution in [-0.2, 0) is 23.9 Å². The van der Waals surface area contributed by atoms with Crippen molar-refractivity contribution in [3.05, 3.63) is 38.0 Å². The molecular weight excluding hydrogens is 271 g/mol. The molecule has 0 aliphatic rings. The maximum atomic E-state index is 11.4. The number of carbonyl (C=O) groups is 3. The van der Waals surface area contributed by atoms with E-state index in [2.05, 4.69) is 19.7 Å². The molecule has 21 heavy (non-hydrogen) atoms. The fourth-order valence-electron chi connectivity index (χ4n) is 1.62. The molecule has 0 aliphatic carbocycles. The smallest absolute Gasteiger partial charge is 0.330 e. The highest BCUT2D eigenvalue weighted by Crippen LogP contribution is 2.28. The summed E-state index contributed by atoms with van der Waals surface area (Å²) in [6.07, 6.45) is 4.36. The van der Waals surface area contributed by atoms with Crippen LogP contribution in [0.1, 0.15) is 13.3 Å². The zero-order valence-corrected chi connectivity index (χ0v) is 12.4. The van der Waals surface area contributed by atoms with E-state index >= 15 is 0 Å². The summed E-state index contributed by atoms with van der Waals surface area (Å²) >= 11 is 0. The molecule has 5 nitrogen and oxygen atoms in total. The van der Waals surface area contributed by atoms with Crippen LogP contribution in [0.4, 0.5) is 0 Å². The third kappa shape index (κ3) is 7.30. The summed E-state index contributed by atoms with van der Waals surface area (Å²) in [6, 6.07) is 0. The first-order chi connectivity index (χ1) is 9.92. The third-order valence-electron chi connectivity index (χ3n) is 3.25. The average Bonchev–Trinajstić information content (AvgIpc) is 2.53. The molecule has 0 fully saturated rings. The van der Waals surface area contributed by atoms with Gasteiger partial charge in [0.2, 0.25) is 7.28 Å². The molecule has 0 N–H and O–H groups in total. The van der Waals surface area contributed by atoms with Crippen LogP contribution in [0.3, 0.4) is 0 Å². The first-order valence-electron chi connectivity index (χ1n) is 6.66. The van der Waals surface area contributed by atoms with Crippen LogP contribution in [0, 0.1) is 5.41 Å². The molecule has 6 heteroatoms. The number of hydrogen-bond acceptors (Lipinski definition) is 5. The molecule has 0 radical (unpaired) electrons. The lowest BCUT2D eigenvalue weighted by Gasteiger charge is -2.31. The molecular formula is C15H21BO5. The number of esters is 2. The lowest BCUT2D eigenvalue weighted by atomic mass is 9.59. The Labute approximate surface area is 125 Å². The van der Waals surface area contributed by atoms with Gasteiger partial charge in [-0.25, -0.2) is 9.59 Å². The van der Waals surface area contributed by atoms with Gasteiger partial charge in [-0.1, -0.05) is 33.0 Å². The molecule has 0 atom stereocenters. The van der Waals surface area contributed by atoms with Gasteiger partial charge in [0.05, 0.1) is 13.2 Å². The largest absolute Gasteiger partial charge is 0.462 e. The first kappa shape index (κ1) is 18.9. The molecule has 0 bridgehead atoms. The van der Waals surface area contributed by atoms with E-state index in [1.165, 1.54) is 6.08 Å². The Balaban J connectivity index is 4.87. The molecule has 0 aromatic heterocycles. The van der Waals surface area contributed by atoms with E-state index in [-0.39, 0.29) is 26.2 Å². The minimum Gasteiger partial charge on any atom is -0.462 e. The molecule has 0 saturated heterocycles. The van der Waals surface area contributed by atoms with E-state index in [0.717, 1.165) is 12.2 Å². The number of hydrogen-bond donors (Lipinski definition) is 0. The van der Waals surface area contributed by atoms with Crippen LogP contribution >= 0.6 is 0 Å². The van der Waals surface area contributed by atoms with Crippen molar-refractivity contribution in [2.45, 2.75) is 19.7 Å². The van der Waals surface area contributed by atoms with Gasteiger partial charge in [0.1, 0.15) is 5.68 Å². The molecule has 0 unspecified atom stereocenters. The minimum absolute atomic E-state index is 0.0448. The highest BCUT2D eigenvalue weighted by atomic mass is 16.5. The first-order valence-corrected chi connectivity index (χ1v) is 6.66. The van der Waals surface area contributed by atoms with Gasteiger partial charge in [0.15, 0.2) is 0 Å². The SMILES string of the molecule is C=CC(=O)BCC(CC)(COC(=O)C=C)COC(=O)C=C. The van der Waals surface area contributed by atoms with E-state index in [9.17, 15) is 14.4 Å². The molecule has 0 amide bonds. The lowest BCUT2D eigenvalue weighted by molar-refractivity contribution is -0.147. The Morgan fingerprint density at radius 2 is 1.48 bits per heavy atom. The monoisotopic (exact) mass is 292 g/mol. The Morgan fingerprint density at radius 1 is 1.00 bits per heavy atom. The highest BCUT2D eigenvalue weighted by Gasteiger charge is 2.32. The minimum atomic E-state index is -0.615. The van der Waals surface area contributed by atoms with E-state index in [4.69, 9.17) is 9.47 Å². The zero-order chi connectivity index (χ0) is 16.3. The summed E-state index contributed by atoms with van der Waals surface area (Å²) in [7, 11) is 0.245. The molecule has 114 valence electrons. The fourth-order valence-corrected chi connectivity index (χ4v) is 1.62. The van der Waals surface area contributed by atoms with Crippen molar-refractivity contribution in [2.24, 2.45) is 5.41 Å². The predicted molar refractivity (Wildman–Crippen MR) is 82.2 cm³/mol. The van der Waals surface area contributed by atoms with Crippen LogP contribution in [0.25, 0.3) is 0 Å². The summed E-state index contributed by atoms with van der Waals surface area (Å²) in [5.41, 5.74) is -0.728. The summed E-state index contributed by atoms with van der Waals surface area (Å²) in [5, 5.41) is 0. The number of allylic oxidation sites excluding steroid dienone is 1. The second-order valence-electron chi connectivity index (χ2n) is 4.65. The lowest BCUT2D eigenvalue weighted by Crippen LogP contribution is -2.35. The van der Waals surface area contributed by atoms with Gasteiger partial charge in [-0.2, -0.15) is 0 Å². The Hall–Kier alpha value is -2.11. The number of carbonyl (C=O) groups excluding carboxylic acids is 3. The van der Waals surface area contributed by atoms with Crippen molar-refractivity contribution in [3.63, 3.8) is 0 Å². The van der Waals surface area contributed by atoms with Crippen molar-refractivity contribution in [1.82, 2.24) is 0 Å². The summed E-state index contributed by atoms with van der Waals surface area (Å²) < 4.78 is 10.1. The molecule has 0 aliphatic heterocycles. The van der Waals surface area contributed by atoms with Crippen LogP contribution < -0.4 is 0 Å². The van der Waals surface area contributed by atoms with Gasteiger partial charge < -0.3 is 14.3 Å². The normalized spacial score (nSPS) is 10.1. The summed E-state index contributed by atoms with van der Waals surface area (Å²) in [5.74, 6) is -1.11. The molecule has 0 aromatic carbocycles. The summed E-state index contributed by atoms with van der Waals surface area (Å²) in [4.78, 5) is 33.8. The van der Waals surface area contributed by atoms with Gasteiger partial charge in [-0.3, -0.25) is 0 Å². The van der Waals surface area contributed by atoms with Crippen molar-refractivity contribution in [3.8, 4) is 0 Å².